The number of carboxylic acid groups (broad SMARTS) is 1. The zero-order chi connectivity index (χ0) is 22.7. The van der Waals surface area contributed by atoms with Crippen LogP contribution in [0.5, 0.6) is 0 Å². The van der Waals surface area contributed by atoms with Gasteiger partial charge >= 0.3 is 5.97 Å². The summed E-state index contributed by atoms with van der Waals surface area (Å²) in [7, 11) is 0. The largest absolute Gasteiger partial charge is 0.478 e. The topological polar surface area (TPSA) is 57.5 Å². The molecular formula is C27H36O3. The molecule has 0 saturated heterocycles. The Morgan fingerprint density at radius 1 is 0.900 bits per heavy atom. The lowest BCUT2D eigenvalue weighted by Crippen LogP contribution is -2.28. The van der Waals surface area contributed by atoms with Crippen molar-refractivity contribution in [3.8, 4) is 0 Å². The summed E-state index contributed by atoms with van der Waals surface area (Å²) in [5.74, 6) is -0.945. The Morgan fingerprint density at radius 3 is 2.00 bits per heavy atom. The van der Waals surface area contributed by atoms with Crippen LogP contribution in [0.4, 0.5) is 0 Å². The maximum Gasteiger partial charge on any atom is 0.328 e. The van der Waals surface area contributed by atoms with Crippen molar-refractivity contribution in [2.45, 2.75) is 60.5 Å². The molecule has 0 radical (unpaired) electrons. The second-order valence-electron chi connectivity index (χ2n) is 8.62. The first kappa shape index (κ1) is 25.4. The van der Waals surface area contributed by atoms with Crippen LogP contribution in [0.15, 0.2) is 94.7 Å². The molecule has 0 fully saturated rings. The summed E-state index contributed by atoms with van der Waals surface area (Å²) < 4.78 is 0. The van der Waals surface area contributed by atoms with E-state index in [0.717, 1.165) is 30.1 Å². The van der Waals surface area contributed by atoms with Gasteiger partial charge < -0.3 is 10.2 Å². The van der Waals surface area contributed by atoms with Crippen LogP contribution in [0.1, 0.15) is 54.4 Å². The summed E-state index contributed by atoms with van der Waals surface area (Å²) >= 11 is 0. The lowest BCUT2D eigenvalue weighted by atomic mass is 9.71. The molecule has 2 N–H and O–H groups in total. The van der Waals surface area contributed by atoms with Crippen molar-refractivity contribution in [2.24, 2.45) is 5.41 Å². The standard InChI is InChI=1S/C27H36O3/c1-20(10-7-8-11-21(2)15-17-26(29)30)12-9-13-22(3)14-16-25-23(4)18-24(28)19-27(25,5)6/h7-17,24,28H,18-19H2,1-6H3,(H,29,30)/b8-7+,12-9+,16-14+,17-15+,20-10+,21-11+,22-13+. The third-order valence-corrected chi connectivity index (χ3v) is 5.03. The highest BCUT2D eigenvalue weighted by atomic mass is 16.4. The predicted molar refractivity (Wildman–Crippen MR) is 127 cm³/mol. The number of carboxylic acids is 1. The smallest absolute Gasteiger partial charge is 0.328 e. The average molecular weight is 409 g/mol. The van der Waals surface area contributed by atoms with Gasteiger partial charge in [-0.05, 0) is 51.5 Å². The summed E-state index contributed by atoms with van der Waals surface area (Å²) in [5, 5.41) is 18.6. The van der Waals surface area contributed by atoms with Gasteiger partial charge in [-0.3, -0.25) is 0 Å². The number of aliphatic carboxylic acids is 1. The molecule has 1 unspecified atom stereocenters. The molecule has 0 saturated carbocycles. The number of aliphatic hydroxyl groups excluding tert-OH is 1. The van der Waals surface area contributed by atoms with Crippen molar-refractivity contribution in [3.63, 3.8) is 0 Å². The van der Waals surface area contributed by atoms with Gasteiger partial charge in [-0.1, -0.05) is 96.9 Å². The van der Waals surface area contributed by atoms with Gasteiger partial charge in [0.25, 0.3) is 0 Å². The molecule has 1 rings (SSSR count). The van der Waals surface area contributed by atoms with Crippen molar-refractivity contribution in [3.05, 3.63) is 94.7 Å². The highest BCUT2D eigenvalue weighted by Gasteiger charge is 2.31. The SMILES string of the molecule is CC1=C(/C=C/C(C)=C/C=C/C(C)=C/C=C/C=C(C)/C=C/C(=O)O)C(C)(C)CC(O)C1. The summed E-state index contributed by atoms with van der Waals surface area (Å²) in [5.41, 5.74) is 5.75. The zero-order valence-electron chi connectivity index (χ0n) is 19.1. The van der Waals surface area contributed by atoms with Gasteiger partial charge in [0.1, 0.15) is 0 Å². The molecule has 0 spiro atoms. The van der Waals surface area contributed by atoms with Crippen molar-refractivity contribution in [1.29, 1.82) is 0 Å². The Bertz CT molecular complexity index is 853. The van der Waals surface area contributed by atoms with Gasteiger partial charge in [0.15, 0.2) is 0 Å². The molecule has 0 amide bonds. The zero-order valence-corrected chi connectivity index (χ0v) is 19.1. The Kier molecular flexibility index (Phi) is 10.3. The van der Waals surface area contributed by atoms with Gasteiger partial charge in [-0.2, -0.15) is 0 Å². The van der Waals surface area contributed by atoms with Crippen LogP contribution >= 0.6 is 0 Å². The Hall–Kier alpha value is -2.65. The lowest BCUT2D eigenvalue weighted by molar-refractivity contribution is -0.131. The van der Waals surface area contributed by atoms with Crippen LogP contribution < -0.4 is 0 Å². The van der Waals surface area contributed by atoms with Gasteiger partial charge in [0, 0.05) is 6.08 Å². The fourth-order valence-electron chi connectivity index (χ4n) is 3.53. The van der Waals surface area contributed by atoms with Crippen molar-refractivity contribution >= 4 is 5.97 Å². The minimum atomic E-state index is -0.945. The maximum atomic E-state index is 10.5. The van der Waals surface area contributed by atoms with Crippen LogP contribution in [-0.2, 0) is 4.79 Å². The molecule has 3 heteroatoms. The second kappa shape index (κ2) is 12.1. The summed E-state index contributed by atoms with van der Waals surface area (Å²) in [4.78, 5) is 10.5. The molecule has 0 bridgehead atoms. The minimum absolute atomic E-state index is 0.00372. The molecular weight excluding hydrogens is 372 g/mol. The van der Waals surface area contributed by atoms with Gasteiger partial charge in [-0.25, -0.2) is 4.79 Å². The van der Waals surface area contributed by atoms with E-state index in [-0.39, 0.29) is 11.5 Å². The highest BCUT2D eigenvalue weighted by Crippen LogP contribution is 2.41. The Balaban J connectivity index is 2.70. The van der Waals surface area contributed by atoms with Gasteiger partial charge in [0.2, 0.25) is 0 Å². The van der Waals surface area contributed by atoms with E-state index in [4.69, 9.17) is 5.11 Å². The molecule has 1 aliphatic rings. The van der Waals surface area contributed by atoms with E-state index < -0.39 is 5.97 Å². The van der Waals surface area contributed by atoms with E-state index in [9.17, 15) is 9.90 Å². The number of carbonyl (C=O) groups is 1. The van der Waals surface area contributed by atoms with Crippen LogP contribution in [0, 0.1) is 5.41 Å². The third kappa shape index (κ3) is 9.71. The maximum absolute atomic E-state index is 10.5. The first-order valence-electron chi connectivity index (χ1n) is 10.4. The Labute approximate surface area is 181 Å². The Morgan fingerprint density at radius 2 is 1.43 bits per heavy atom. The second-order valence-corrected chi connectivity index (χ2v) is 8.62. The van der Waals surface area contributed by atoms with Crippen LogP contribution in [-0.4, -0.2) is 22.3 Å². The van der Waals surface area contributed by atoms with E-state index >= 15 is 0 Å². The van der Waals surface area contributed by atoms with Gasteiger partial charge in [0.05, 0.1) is 6.10 Å². The van der Waals surface area contributed by atoms with Crippen molar-refractivity contribution in [1.82, 2.24) is 0 Å². The highest BCUT2D eigenvalue weighted by molar-refractivity contribution is 5.80. The number of aliphatic hydroxyl groups is 1. The number of hydrogen-bond donors (Lipinski definition) is 2. The van der Waals surface area contributed by atoms with Crippen molar-refractivity contribution in [2.75, 3.05) is 0 Å². The molecule has 1 aliphatic carbocycles. The summed E-state index contributed by atoms with van der Waals surface area (Å²) in [6.07, 6.45) is 22.2. The molecule has 0 aromatic carbocycles. The number of hydrogen-bond acceptors (Lipinski definition) is 2. The van der Waals surface area contributed by atoms with E-state index in [1.165, 1.54) is 16.7 Å². The molecule has 0 aliphatic heterocycles. The van der Waals surface area contributed by atoms with Crippen molar-refractivity contribution < 1.29 is 15.0 Å². The summed E-state index contributed by atoms with van der Waals surface area (Å²) in [6.45, 7) is 12.5. The molecule has 0 aromatic rings. The molecule has 1 atom stereocenters. The van der Waals surface area contributed by atoms with E-state index in [1.54, 1.807) is 6.08 Å². The molecule has 3 nitrogen and oxygen atoms in total. The van der Waals surface area contributed by atoms with Gasteiger partial charge in [-0.15, -0.1) is 0 Å². The molecule has 30 heavy (non-hydrogen) atoms. The fourth-order valence-corrected chi connectivity index (χ4v) is 3.53. The molecule has 0 aromatic heterocycles. The number of rotatable bonds is 8. The van der Waals surface area contributed by atoms with Crippen LogP contribution in [0.2, 0.25) is 0 Å². The fraction of sp³-hybridized carbons (Fsp3) is 0.370. The molecule has 0 heterocycles. The van der Waals surface area contributed by atoms with E-state index in [2.05, 4.69) is 45.9 Å². The molecule has 162 valence electrons. The lowest BCUT2D eigenvalue weighted by Gasteiger charge is -2.35. The van der Waals surface area contributed by atoms with E-state index in [0.29, 0.717) is 0 Å². The average Bonchev–Trinajstić information content (AvgIpc) is 2.62. The predicted octanol–water partition coefficient (Wildman–Crippen LogP) is 6.63. The first-order chi connectivity index (χ1) is 14.0. The quantitative estimate of drug-likeness (QED) is 0.350. The monoisotopic (exact) mass is 408 g/mol. The minimum Gasteiger partial charge on any atom is -0.478 e. The third-order valence-electron chi connectivity index (χ3n) is 5.03. The first-order valence-corrected chi connectivity index (χ1v) is 10.4. The number of allylic oxidation sites excluding steroid dienone is 14. The normalized spacial score (nSPS) is 21.7. The van der Waals surface area contributed by atoms with Crippen LogP contribution in [0.3, 0.4) is 0 Å². The van der Waals surface area contributed by atoms with E-state index in [1.807, 2.05) is 50.3 Å². The van der Waals surface area contributed by atoms with Crippen LogP contribution in [0.25, 0.3) is 0 Å². The summed E-state index contributed by atoms with van der Waals surface area (Å²) in [6, 6.07) is 0.